The summed E-state index contributed by atoms with van der Waals surface area (Å²) < 4.78 is 0. The molecule has 0 aliphatic carbocycles. The molecule has 1 amide bonds. The van der Waals surface area contributed by atoms with Crippen LogP contribution in [-0.4, -0.2) is 38.5 Å². The summed E-state index contributed by atoms with van der Waals surface area (Å²) in [4.78, 5) is 22.4. The number of aromatic amines is 1. The number of carbonyl (C=O) groups is 1. The summed E-state index contributed by atoms with van der Waals surface area (Å²) in [5, 5.41) is 9.41. The maximum Gasteiger partial charge on any atom is 0.254 e. The molecule has 2 N–H and O–H groups in total. The number of benzene rings is 2. The second-order valence-corrected chi connectivity index (χ2v) is 6.99. The minimum atomic E-state index is 0.108. The van der Waals surface area contributed by atoms with Crippen molar-refractivity contribution in [2.24, 2.45) is 0 Å². The number of likely N-dealkylation sites (tertiary alicyclic amines) is 1. The minimum Gasteiger partial charge on any atom is -0.508 e. The predicted octanol–water partition coefficient (Wildman–Crippen LogP) is 3.90. The summed E-state index contributed by atoms with van der Waals surface area (Å²) in [6, 6.07) is 13.3. The second kappa shape index (κ2) is 7.20. The zero-order valence-corrected chi connectivity index (χ0v) is 14.7. The maximum absolute atomic E-state index is 13.1. The Morgan fingerprint density at radius 2 is 2.04 bits per heavy atom. The lowest BCUT2D eigenvalue weighted by Crippen LogP contribution is -2.44. The number of nitrogens with zero attached hydrogens (tertiary/aromatic N) is 2. The van der Waals surface area contributed by atoms with Crippen LogP contribution in [0.3, 0.4) is 0 Å². The molecule has 3 aromatic rings. The van der Waals surface area contributed by atoms with E-state index in [2.05, 4.69) is 9.97 Å². The Bertz CT molecular complexity index is 901. The highest BCUT2D eigenvalue weighted by atomic mass is 16.3. The number of phenols is 1. The van der Waals surface area contributed by atoms with E-state index in [1.165, 1.54) is 12.0 Å². The van der Waals surface area contributed by atoms with Crippen molar-refractivity contribution < 1.29 is 9.90 Å². The van der Waals surface area contributed by atoms with E-state index in [0.29, 0.717) is 0 Å². The van der Waals surface area contributed by atoms with Crippen molar-refractivity contribution in [1.82, 2.24) is 14.9 Å². The third-order valence-corrected chi connectivity index (χ3v) is 5.26. The predicted molar refractivity (Wildman–Crippen MR) is 101 cm³/mol. The van der Waals surface area contributed by atoms with Crippen molar-refractivity contribution in [3.63, 3.8) is 0 Å². The van der Waals surface area contributed by atoms with E-state index in [1.807, 2.05) is 35.2 Å². The normalized spacial score (nSPS) is 17.5. The highest BCUT2D eigenvalue weighted by Gasteiger charge is 2.27. The number of phenolic OH excluding ortho intramolecular Hbond substituents is 1. The summed E-state index contributed by atoms with van der Waals surface area (Å²) in [7, 11) is 0. The van der Waals surface area contributed by atoms with Crippen LogP contribution < -0.4 is 0 Å². The number of aromatic nitrogens is 2. The number of piperidine rings is 1. The number of carbonyl (C=O) groups excluding carboxylic acids is 1. The first-order valence-electron chi connectivity index (χ1n) is 9.23. The minimum absolute atomic E-state index is 0.108. The Labute approximate surface area is 152 Å². The van der Waals surface area contributed by atoms with Gasteiger partial charge in [0.1, 0.15) is 5.75 Å². The summed E-state index contributed by atoms with van der Waals surface area (Å²) in [5.74, 6) is 0.398. The number of imidazole rings is 1. The van der Waals surface area contributed by atoms with Crippen LogP contribution in [0.2, 0.25) is 0 Å². The summed E-state index contributed by atoms with van der Waals surface area (Å²) >= 11 is 0. The number of fused-ring (bicyclic) bond motifs is 1. The zero-order valence-electron chi connectivity index (χ0n) is 14.7. The molecule has 0 unspecified atom stereocenters. The molecule has 0 bridgehead atoms. The third-order valence-electron chi connectivity index (χ3n) is 5.26. The molecular weight excluding hydrogens is 326 g/mol. The van der Waals surface area contributed by atoms with E-state index in [0.717, 1.165) is 48.8 Å². The van der Waals surface area contributed by atoms with Gasteiger partial charge in [-0.3, -0.25) is 4.79 Å². The fourth-order valence-electron chi connectivity index (χ4n) is 3.80. The standard InChI is InChI=1S/C21H23N3O2/c25-18-9-5-15(6-10-18)4-8-17-3-1-2-12-24(17)21(26)16-7-11-19-20(13-16)23-14-22-19/h5-7,9-11,13-14,17,25H,1-4,8,12H2,(H,22,23)/t17-/m0/s1. The molecular formula is C21H23N3O2. The first-order valence-corrected chi connectivity index (χ1v) is 9.23. The number of hydrogen-bond acceptors (Lipinski definition) is 3. The highest BCUT2D eigenvalue weighted by molar-refractivity contribution is 5.97. The van der Waals surface area contributed by atoms with Gasteiger partial charge in [0.2, 0.25) is 0 Å². The van der Waals surface area contributed by atoms with Crippen LogP contribution in [0.15, 0.2) is 48.8 Å². The molecule has 1 aliphatic rings. The molecule has 2 aromatic carbocycles. The van der Waals surface area contributed by atoms with Gasteiger partial charge in [0.25, 0.3) is 5.91 Å². The molecule has 1 aliphatic heterocycles. The van der Waals surface area contributed by atoms with Gasteiger partial charge < -0.3 is 15.0 Å². The molecule has 0 radical (unpaired) electrons. The SMILES string of the molecule is O=C(c1ccc2nc[nH]c2c1)N1CCCC[C@H]1CCc1ccc(O)cc1. The van der Waals surface area contributed by atoms with Gasteiger partial charge in [-0.25, -0.2) is 4.98 Å². The molecule has 5 nitrogen and oxygen atoms in total. The quantitative estimate of drug-likeness (QED) is 0.751. The number of rotatable bonds is 4. The zero-order chi connectivity index (χ0) is 17.9. The smallest absolute Gasteiger partial charge is 0.254 e. The molecule has 134 valence electrons. The van der Waals surface area contributed by atoms with Gasteiger partial charge in [-0.1, -0.05) is 12.1 Å². The average Bonchev–Trinajstić information content (AvgIpc) is 3.15. The summed E-state index contributed by atoms with van der Waals surface area (Å²) in [6.45, 7) is 0.820. The molecule has 0 spiro atoms. The van der Waals surface area contributed by atoms with Gasteiger partial charge in [0, 0.05) is 18.2 Å². The van der Waals surface area contributed by atoms with Gasteiger partial charge in [0.15, 0.2) is 0 Å². The molecule has 26 heavy (non-hydrogen) atoms. The average molecular weight is 349 g/mol. The van der Waals surface area contributed by atoms with Crippen LogP contribution in [0.1, 0.15) is 41.6 Å². The van der Waals surface area contributed by atoms with E-state index in [-0.39, 0.29) is 17.7 Å². The molecule has 1 fully saturated rings. The number of hydrogen-bond donors (Lipinski definition) is 2. The Morgan fingerprint density at radius 1 is 1.19 bits per heavy atom. The summed E-state index contributed by atoms with van der Waals surface area (Å²) in [5.41, 5.74) is 3.69. The molecule has 1 atom stereocenters. The first kappa shape index (κ1) is 16.6. The van der Waals surface area contributed by atoms with Gasteiger partial charge in [-0.15, -0.1) is 0 Å². The van der Waals surface area contributed by atoms with Crippen LogP contribution in [-0.2, 0) is 6.42 Å². The van der Waals surface area contributed by atoms with Crippen LogP contribution in [0.4, 0.5) is 0 Å². The van der Waals surface area contributed by atoms with Crippen molar-refractivity contribution in [1.29, 1.82) is 0 Å². The topological polar surface area (TPSA) is 69.2 Å². The molecule has 4 rings (SSSR count). The Kier molecular flexibility index (Phi) is 4.61. The van der Waals surface area contributed by atoms with E-state index in [1.54, 1.807) is 18.5 Å². The van der Waals surface area contributed by atoms with Crippen molar-refractivity contribution in [3.8, 4) is 5.75 Å². The Balaban J connectivity index is 1.48. The summed E-state index contributed by atoms with van der Waals surface area (Å²) in [6.07, 6.45) is 6.80. The first-order chi connectivity index (χ1) is 12.7. The van der Waals surface area contributed by atoms with E-state index in [4.69, 9.17) is 0 Å². The lowest BCUT2D eigenvalue weighted by Gasteiger charge is -2.36. The van der Waals surface area contributed by atoms with Crippen molar-refractivity contribution in [3.05, 3.63) is 59.9 Å². The monoisotopic (exact) mass is 349 g/mol. The molecule has 2 heterocycles. The molecule has 0 saturated carbocycles. The van der Waals surface area contributed by atoms with Crippen LogP contribution in [0, 0.1) is 0 Å². The van der Waals surface area contributed by atoms with Crippen molar-refractivity contribution >= 4 is 16.9 Å². The van der Waals surface area contributed by atoms with Crippen molar-refractivity contribution in [2.45, 2.75) is 38.1 Å². The highest BCUT2D eigenvalue weighted by Crippen LogP contribution is 2.24. The lowest BCUT2D eigenvalue weighted by molar-refractivity contribution is 0.0602. The number of nitrogens with one attached hydrogen (secondary N) is 1. The maximum atomic E-state index is 13.1. The van der Waals surface area contributed by atoms with E-state index >= 15 is 0 Å². The van der Waals surface area contributed by atoms with Crippen LogP contribution in [0.25, 0.3) is 11.0 Å². The van der Waals surface area contributed by atoms with E-state index in [9.17, 15) is 9.90 Å². The van der Waals surface area contributed by atoms with Crippen LogP contribution >= 0.6 is 0 Å². The second-order valence-electron chi connectivity index (χ2n) is 6.99. The number of amides is 1. The largest absolute Gasteiger partial charge is 0.508 e. The number of H-pyrrole nitrogens is 1. The fraction of sp³-hybridized carbons (Fsp3) is 0.333. The van der Waals surface area contributed by atoms with Gasteiger partial charge >= 0.3 is 0 Å². The molecule has 1 aromatic heterocycles. The molecule has 5 heteroatoms. The Morgan fingerprint density at radius 3 is 2.88 bits per heavy atom. The van der Waals surface area contributed by atoms with Crippen molar-refractivity contribution in [2.75, 3.05) is 6.54 Å². The number of aryl methyl sites for hydroxylation is 1. The fourth-order valence-corrected chi connectivity index (χ4v) is 3.80. The van der Waals surface area contributed by atoms with Gasteiger partial charge in [0.05, 0.1) is 17.4 Å². The third kappa shape index (κ3) is 3.43. The Hall–Kier alpha value is -2.82. The van der Waals surface area contributed by atoms with E-state index < -0.39 is 0 Å². The van der Waals surface area contributed by atoms with Crippen LogP contribution in [0.5, 0.6) is 5.75 Å². The van der Waals surface area contributed by atoms with Gasteiger partial charge in [-0.2, -0.15) is 0 Å². The van der Waals surface area contributed by atoms with Gasteiger partial charge in [-0.05, 0) is 68.0 Å². The number of aromatic hydroxyl groups is 1. The lowest BCUT2D eigenvalue weighted by atomic mass is 9.95. The molecule has 1 saturated heterocycles.